The minimum Gasteiger partial charge on any atom is -0.224 e. The molecule has 0 saturated heterocycles. The van der Waals surface area contributed by atoms with Gasteiger partial charge in [-0.25, -0.2) is 4.98 Å². The van der Waals surface area contributed by atoms with E-state index in [9.17, 15) is 0 Å². The molecule has 12 heavy (non-hydrogen) atoms. The van der Waals surface area contributed by atoms with Crippen molar-refractivity contribution in [1.82, 2.24) is 9.36 Å². The molecule has 0 saturated carbocycles. The van der Waals surface area contributed by atoms with E-state index in [-0.39, 0.29) is 0 Å². The van der Waals surface area contributed by atoms with Crippen LogP contribution in [-0.4, -0.2) is 9.36 Å². The van der Waals surface area contributed by atoms with Gasteiger partial charge in [-0.15, -0.1) is 0 Å². The summed E-state index contributed by atoms with van der Waals surface area (Å²) in [5, 5.41) is 1.16. The highest BCUT2D eigenvalue weighted by molar-refractivity contribution is 7.05. The fourth-order valence-electron chi connectivity index (χ4n) is 0.950. The minimum absolute atomic E-state index is 0.517. The zero-order chi connectivity index (χ0) is 9.14. The fourth-order valence-corrected chi connectivity index (χ4v) is 1.62. The Hall–Kier alpha value is -0.440. The van der Waals surface area contributed by atoms with Crippen molar-refractivity contribution in [2.24, 2.45) is 5.92 Å². The van der Waals surface area contributed by atoms with Gasteiger partial charge in [0.1, 0.15) is 10.8 Å². The van der Waals surface area contributed by atoms with Gasteiger partial charge in [-0.1, -0.05) is 27.7 Å². The van der Waals surface area contributed by atoms with Crippen LogP contribution in [0.4, 0.5) is 0 Å². The predicted molar refractivity (Wildman–Crippen MR) is 52.5 cm³/mol. The van der Waals surface area contributed by atoms with E-state index in [0.29, 0.717) is 11.8 Å². The van der Waals surface area contributed by atoms with Crippen molar-refractivity contribution in [3.05, 3.63) is 10.8 Å². The summed E-state index contributed by atoms with van der Waals surface area (Å²) in [4.78, 5) is 4.46. The average molecular weight is 184 g/mol. The van der Waals surface area contributed by atoms with Crippen LogP contribution in [0, 0.1) is 5.92 Å². The van der Waals surface area contributed by atoms with Crippen LogP contribution in [-0.2, 0) is 6.42 Å². The molecular weight excluding hydrogens is 168 g/mol. The predicted octanol–water partition coefficient (Wildman–Crippen LogP) is 2.86. The summed E-state index contributed by atoms with van der Waals surface area (Å²) in [6.07, 6.45) is 1.00. The molecular formula is C9H16N2S. The van der Waals surface area contributed by atoms with Crippen LogP contribution in [0.3, 0.4) is 0 Å². The molecule has 3 heteroatoms. The van der Waals surface area contributed by atoms with Crippen LogP contribution in [0.15, 0.2) is 0 Å². The third kappa shape index (κ3) is 2.55. The van der Waals surface area contributed by atoms with Crippen molar-refractivity contribution in [1.29, 1.82) is 0 Å². The molecule has 0 spiro atoms. The molecule has 0 atom stereocenters. The number of aromatic nitrogens is 2. The fraction of sp³-hybridized carbons (Fsp3) is 0.778. The quantitative estimate of drug-likeness (QED) is 0.722. The first-order chi connectivity index (χ1) is 5.59. The van der Waals surface area contributed by atoms with Crippen LogP contribution < -0.4 is 0 Å². The van der Waals surface area contributed by atoms with Crippen LogP contribution >= 0.6 is 11.5 Å². The Labute approximate surface area is 78.2 Å². The Morgan fingerprint density at radius 2 is 1.92 bits per heavy atom. The van der Waals surface area contributed by atoms with Gasteiger partial charge in [-0.05, 0) is 17.5 Å². The lowest BCUT2D eigenvalue weighted by atomic mass is 10.1. The SMILES string of the molecule is CC(C)Cc1nsc(C(C)C)n1. The molecule has 0 aromatic carbocycles. The average Bonchev–Trinajstić information content (AvgIpc) is 2.34. The van der Waals surface area contributed by atoms with Crippen molar-refractivity contribution >= 4 is 11.5 Å². The zero-order valence-corrected chi connectivity index (χ0v) is 8.98. The summed E-state index contributed by atoms with van der Waals surface area (Å²) in [7, 11) is 0. The molecule has 1 aromatic rings. The first-order valence-electron chi connectivity index (χ1n) is 4.42. The van der Waals surface area contributed by atoms with Crippen molar-refractivity contribution in [2.45, 2.75) is 40.0 Å². The topological polar surface area (TPSA) is 25.8 Å². The van der Waals surface area contributed by atoms with E-state index < -0.39 is 0 Å². The van der Waals surface area contributed by atoms with Gasteiger partial charge in [0.05, 0.1) is 0 Å². The number of hydrogen-bond donors (Lipinski definition) is 0. The van der Waals surface area contributed by atoms with E-state index in [2.05, 4.69) is 37.1 Å². The lowest BCUT2D eigenvalue weighted by molar-refractivity contribution is 0.624. The lowest BCUT2D eigenvalue weighted by Gasteiger charge is -1.98. The maximum atomic E-state index is 4.46. The monoisotopic (exact) mass is 184 g/mol. The molecule has 0 radical (unpaired) electrons. The Morgan fingerprint density at radius 3 is 2.33 bits per heavy atom. The van der Waals surface area contributed by atoms with Crippen molar-refractivity contribution in [3.8, 4) is 0 Å². The Balaban J connectivity index is 2.64. The summed E-state index contributed by atoms with van der Waals surface area (Å²) in [6, 6.07) is 0. The smallest absolute Gasteiger partial charge is 0.142 e. The third-order valence-corrected chi connectivity index (χ3v) is 2.62. The summed E-state index contributed by atoms with van der Waals surface area (Å²) in [5.41, 5.74) is 0. The van der Waals surface area contributed by atoms with Gasteiger partial charge in [0, 0.05) is 12.3 Å². The van der Waals surface area contributed by atoms with E-state index in [1.165, 1.54) is 11.5 Å². The molecule has 0 amide bonds. The maximum Gasteiger partial charge on any atom is 0.142 e. The van der Waals surface area contributed by atoms with Gasteiger partial charge in [0.2, 0.25) is 0 Å². The molecule has 0 N–H and O–H groups in total. The van der Waals surface area contributed by atoms with E-state index in [1.807, 2.05) is 0 Å². The van der Waals surface area contributed by atoms with E-state index >= 15 is 0 Å². The van der Waals surface area contributed by atoms with Gasteiger partial charge < -0.3 is 0 Å². The zero-order valence-electron chi connectivity index (χ0n) is 8.16. The van der Waals surface area contributed by atoms with Crippen LogP contribution in [0.25, 0.3) is 0 Å². The van der Waals surface area contributed by atoms with Crippen molar-refractivity contribution < 1.29 is 0 Å². The van der Waals surface area contributed by atoms with Gasteiger partial charge >= 0.3 is 0 Å². The molecule has 1 aromatic heterocycles. The minimum atomic E-state index is 0.517. The molecule has 0 fully saturated rings. The maximum absolute atomic E-state index is 4.46. The highest BCUT2D eigenvalue weighted by atomic mass is 32.1. The number of rotatable bonds is 3. The molecule has 0 aliphatic rings. The molecule has 1 rings (SSSR count). The first kappa shape index (κ1) is 9.65. The van der Waals surface area contributed by atoms with E-state index in [1.54, 1.807) is 0 Å². The molecule has 0 unspecified atom stereocenters. The normalized spacial score (nSPS) is 11.5. The first-order valence-corrected chi connectivity index (χ1v) is 5.19. The van der Waals surface area contributed by atoms with Gasteiger partial charge in [0.15, 0.2) is 0 Å². The molecule has 68 valence electrons. The standard InChI is InChI=1S/C9H16N2S/c1-6(2)5-8-10-9(7(3)4)12-11-8/h6-7H,5H2,1-4H3. The Bertz CT molecular complexity index is 240. The molecule has 0 bridgehead atoms. The van der Waals surface area contributed by atoms with E-state index in [0.717, 1.165) is 17.3 Å². The summed E-state index contributed by atoms with van der Waals surface area (Å²) in [6.45, 7) is 8.69. The third-order valence-electron chi connectivity index (χ3n) is 1.57. The van der Waals surface area contributed by atoms with Crippen molar-refractivity contribution in [3.63, 3.8) is 0 Å². The molecule has 1 heterocycles. The van der Waals surface area contributed by atoms with Crippen LogP contribution in [0.5, 0.6) is 0 Å². The van der Waals surface area contributed by atoms with Crippen LogP contribution in [0.1, 0.15) is 44.4 Å². The number of nitrogens with zero attached hydrogens (tertiary/aromatic N) is 2. The highest BCUT2D eigenvalue weighted by Gasteiger charge is 2.08. The lowest BCUT2D eigenvalue weighted by Crippen LogP contribution is -1.96. The largest absolute Gasteiger partial charge is 0.224 e. The molecule has 0 aliphatic heterocycles. The molecule has 2 nitrogen and oxygen atoms in total. The Morgan fingerprint density at radius 1 is 1.25 bits per heavy atom. The summed E-state index contributed by atoms with van der Waals surface area (Å²) in [5.74, 6) is 2.18. The highest BCUT2D eigenvalue weighted by Crippen LogP contribution is 2.17. The van der Waals surface area contributed by atoms with Gasteiger partial charge in [-0.3, -0.25) is 0 Å². The number of hydrogen-bond acceptors (Lipinski definition) is 3. The van der Waals surface area contributed by atoms with Gasteiger partial charge in [-0.2, -0.15) is 4.37 Å². The summed E-state index contributed by atoms with van der Waals surface area (Å²) < 4.78 is 4.31. The molecule has 0 aliphatic carbocycles. The summed E-state index contributed by atoms with van der Waals surface area (Å²) >= 11 is 1.54. The van der Waals surface area contributed by atoms with Gasteiger partial charge in [0.25, 0.3) is 0 Å². The second kappa shape index (κ2) is 3.99. The van der Waals surface area contributed by atoms with E-state index in [4.69, 9.17) is 0 Å². The van der Waals surface area contributed by atoms with Crippen LogP contribution in [0.2, 0.25) is 0 Å². The second-order valence-corrected chi connectivity index (χ2v) is 4.58. The second-order valence-electron chi connectivity index (χ2n) is 3.80. The Kier molecular flexibility index (Phi) is 3.20. The van der Waals surface area contributed by atoms with Crippen molar-refractivity contribution in [2.75, 3.05) is 0 Å².